The molecule has 10 nitrogen and oxygen atoms in total. The lowest BCUT2D eigenvalue weighted by Crippen LogP contribution is -2.50. The van der Waals surface area contributed by atoms with Gasteiger partial charge in [0.1, 0.15) is 23.2 Å². The summed E-state index contributed by atoms with van der Waals surface area (Å²) in [5.74, 6) is 3.32. The fourth-order valence-electron chi connectivity index (χ4n) is 4.48. The highest BCUT2D eigenvalue weighted by molar-refractivity contribution is 6.37. The van der Waals surface area contributed by atoms with Crippen molar-refractivity contribution in [1.29, 1.82) is 0 Å². The number of H-pyrrole nitrogens is 2. The lowest BCUT2D eigenvalue weighted by Gasteiger charge is -2.37. The van der Waals surface area contributed by atoms with E-state index in [0.717, 1.165) is 54.3 Å². The SMILES string of the molecule is C=C/C=C\C(=NC)N1CCN(C(/C=C(\N=C)Nc2cc(/C=C/C)[nH]n2)=N/COc2ccc3[nH]c(C)cc3c2Cl)CC1. The van der Waals surface area contributed by atoms with Crippen LogP contribution in [0.1, 0.15) is 18.3 Å². The van der Waals surface area contributed by atoms with Crippen LogP contribution in [-0.2, 0) is 0 Å². The summed E-state index contributed by atoms with van der Waals surface area (Å²) in [5.41, 5.74) is 2.88. The second-order valence-corrected chi connectivity index (χ2v) is 9.63. The average Bonchev–Trinajstić information content (AvgIpc) is 3.59. The molecule has 0 atom stereocenters. The Balaban J connectivity index is 1.55. The smallest absolute Gasteiger partial charge is 0.181 e. The number of piperazine rings is 1. The molecule has 3 aromatic rings. The predicted octanol–water partition coefficient (Wildman–Crippen LogP) is 5.66. The molecular formula is C30H36ClN9O. The molecule has 0 aliphatic carbocycles. The van der Waals surface area contributed by atoms with Gasteiger partial charge in [-0.3, -0.25) is 10.1 Å². The molecule has 1 aliphatic heterocycles. The third-order valence-corrected chi connectivity index (χ3v) is 6.85. The van der Waals surface area contributed by atoms with Gasteiger partial charge in [-0.05, 0) is 50.9 Å². The Bertz CT molecular complexity index is 1520. The largest absolute Gasteiger partial charge is 0.470 e. The van der Waals surface area contributed by atoms with Crippen LogP contribution in [0.15, 0.2) is 82.0 Å². The molecule has 4 rings (SSSR count). The zero-order chi connectivity index (χ0) is 29.2. The van der Waals surface area contributed by atoms with Crippen molar-refractivity contribution >= 4 is 52.8 Å². The van der Waals surface area contributed by atoms with E-state index in [1.165, 1.54) is 0 Å². The monoisotopic (exact) mass is 573 g/mol. The molecular weight excluding hydrogens is 538 g/mol. The van der Waals surface area contributed by atoms with Crippen molar-refractivity contribution in [3.63, 3.8) is 0 Å². The lowest BCUT2D eigenvalue weighted by atomic mass is 10.2. The molecule has 0 amide bonds. The van der Waals surface area contributed by atoms with Crippen LogP contribution in [0.5, 0.6) is 5.75 Å². The predicted molar refractivity (Wildman–Crippen MR) is 171 cm³/mol. The van der Waals surface area contributed by atoms with E-state index in [9.17, 15) is 0 Å². The fourth-order valence-corrected chi connectivity index (χ4v) is 4.76. The molecule has 1 aliphatic rings. The molecule has 0 spiro atoms. The van der Waals surface area contributed by atoms with E-state index in [4.69, 9.17) is 21.3 Å². The van der Waals surface area contributed by atoms with Gasteiger partial charge in [0.15, 0.2) is 12.5 Å². The molecule has 11 heteroatoms. The van der Waals surface area contributed by atoms with Crippen molar-refractivity contribution in [2.75, 3.05) is 45.3 Å². The maximum atomic E-state index is 6.64. The fraction of sp³-hybridized carbons (Fsp3) is 0.267. The summed E-state index contributed by atoms with van der Waals surface area (Å²) < 4.78 is 6.03. The first-order valence-corrected chi connectivity index (χ1v) is 13.7. The summed E-state index contributed by atoms with van der Waals surface area (Å²) in [6.07, 6.45) is 11.3. The number of benzene rings is 1. The minimum Gasteiger partial charge on any atom is -0.470 e. The number of aliphatic imine (C=N–C) groups is 3. The van der Waals surface area contributed by atoms with Gasteiger partial charge in [0.25, 0.3) is 0 Å². The first-order valence-electron chi connectivity index (χ1n) is 13.3. The number of halogens is 1. The van der Waals surface area contributed by atoms with E-state index < -0.39 is 0 Å². The number of nitrogens with one attached hydrogen (secondary N) is 3. The summed E-state index contributed by atoms with van der Waals surface area (Å²) in [6, 6.07) is 7.70. The van der Waals surface area contributed by atoms with Crippen molar-refractivity contribution < 1.29 is 4.74 Å². The topological polar surface area (TPSA) is 109 Å². The molecule has 0 unspecified atom stereocenters. The molecule has 0 radical (unpaired) electrons. The van der Waals surface area contributed by atoms with Gasteiger partial charge < -0.3 is 24.8 Å². The Morgan fingerprint density at radius 1 is 1.20 bits per heavy atom. The summed E-state index contributed by atoms with van der Waals surface area (Å²) in [4.78, 5) is 21.1. The highest BCUT2D eigenvalue weighted by Crippen LogP contribution is 2.33. The number of aromatic nitrogens is 3. The number of amidine groups is 2. The zero-order valence-corrected chi connectivity index (χ0v) is 24.4. The molecule has 41 heavy (non-hydrogen) atoms. The molecule has 0 bridgehead atoms. The van der Waals surface area contributed by atoms with Crippen molar-refractivity contribution in [2.45, 2.75) is 13.8 Å². The number of nitrogens with zero attached hydrogens (tertiary/aromatic N) is 6. The van der Waals surface area contributed by atoms with Crippen LogP contribution in [0.4, 0.5) is 5.82 Å². The van der Waals surface area contributed by atoms with Crippen LogP contribution in [-0.4, -0.2) is 83.3 Å². The van der Waals surface area contributed by atoms with Crippen LogP contribution >= 0.6 is 11.6 Å². The van der Waals surface area contributed by atoms with Crippen LogP contribution in [0.2, 0.25) is 5.02 Å². The van der Waals surface area contributed by atoms with Crippen LogP contribution in [0.3, 0.4) is 0 Å². The minimum absolute atomic E-state index is 0.0721. The normalized spacial score (nSPS) is 15.4. The quantitative estimate of drug-likeness (QED) is 0.165. The van der Waals surface area contributed by atoms with Crippen molar-refractivity contribution in [3.05, 3.63) is 83.5 Å². The second-order valence-electron chi connectivity index (χ2n) is 9.25. The van der Waals surface area contributed by atoms with Gasteiger partial charge in [0.2, 0.25) is 0 Å². The standard InChI is InChI=1S/C30H36ClN9O/c1-6-8-10-28(33-5)39-13-15-40(16-14-39)29(19-26(32-4)36-27-18-22(9-7-2)37-38-27)34-20-41-25-12-11-24-23(30(25)31)17-21(3)35-24/h6-12,17-19,35H,1,4,13-16,20H2,2-3,5H3,(H2,36,37,38)/b9-7+,10-8-,26-19+,33-28?,34-29+. The Morgan fingerprint density at radius 2 is 1.95 bits per heavy atom. The van der Waals surface area contributed by atoms with E-state index in [1.807, 2.05) is 68.5 Å². The summed E-state index contributed by atoms with van der Waals surface area (Å²) in [5, 5.41) is 11.9. The van der Waals surface area contributed by atoms with Gasteiger partial charge in [-0.2, -0.15) is 5.10 Å². The number of fused-ring (bicyclic) bond motifs is 1. The number of rotatable bonds is 10. The van der Waals surface area contributed by atoms with Crippen molar-refractivity contribution in [3.8, 4) is 5.75 Å². The van der Waals surface area contributed by atoms with E-state index >= 15 is 0 Å². The summed E-state index contributed by atoms with van der Waals surface area (Å²) >= 11 is 6.64. The van der Waals surface area contributed by atoms with Crippen molar-refractivity contribution in [1.82, 2.24) is 25.0 Å². The average molecular weight is 574 g/mol. The number of hydrogen-bond acceptors (Lipinski definition) is 6. The first-order chi connectivity index (χ1) is 19.9. The van der Waals surface area contributed by atoms with E-state index in [-0.39, 0.29) is 6.73 Å². The number of ether oxygens (including phenoxy) is 1. The lowest BCUT2D eigenvalue weighted by molar-refractivity contribution is 0.257. The maximum Gasteiger partial charge on any atom is 0.181 e. The maximum absolute atomic E-state index is 6.64. The Hall–Kier alpha value is -4.57. The van der Waals surface area contributed by atoms with E-state index in [2.05, 4.69) is 53.6 Å². The molecule has 3 N–H and O–H groups in total. The minimum atomic E-state index is 0.0721. The Kier molecular flexibility index (Phi) is 10.2. The molecule has 1 aromatic carbocycles. The van der Waals surface area contributed by atoms with Gasteiger partial charge >= 0.3 is 0 Å². The van der Waals surface area contributed by atoms with Crippen LogP contribution in [0, 0.1) is 6.92 Å². The third-order valence-electron chi connectivity index (χ3n) is 6.46. The summed E-state index contributed by atoms with van der Waals surface area (Å²) in [7, 11) is 1.80. The van der Waals surface area contributed by atoms with E-state index in [1.54, 1.807) is 13.1 Å². The summed E-state index contributed by atoms with van der Waals surface area (Å²) in [6.45, 7) is 14.5. The van der Waals surface area contributed by atoms with Gasteiger partial charge in [-0.15, -0.1) is 0 Å². The Labute approximate surface area is 245 Å². The van der Waals surface area contributed by atoms with Crippen LogP contribution < -0.4 is 10.1 Å². The second kappa shape index (κ2) is 14.2. The number of aromatic amines is 2. The molecule has 2 aromatic heterocycles. The highest BCUT2D eigenvalue weighted by Gasteiger charge is 2.21. The number of anilines is 1. The molecule has 0 saturated carbocycles. The van der Waals surface area contributed by atoms with E-state index in [0.29, 0.717) is 28.2 Å². The van der Waals surface area contributed by atoms with Gasteiger partial charge in [0.05, 0.1) is 10.7 Å². The number of aryl methyl sites for hydroxylation is 1. The zero-order valence-electron chi connectivity index (χ0n) is 23.7. The Morgan fingerprint density at radius 3 is 2.63 bits per heavy atom. The molecule has 1 fully saturated rings. The third kappa shape index (κ3) is 7.55. The van der Waals surface area contributed by atoms with Gasteiger partial charge in [0, 0.05) is 62.0 Å². The number of hydrogen-bond donors (Lipinski definition) is 3. The molecule has 214 valence electrons. The van der Waals surface area contributed by atoms with Gasteiger partial charge in [-0.1, -0.05) is 36.4 Å². The highest BCUT2D eigenvalue weighted by atomic mass is 35.5. The van der Waals surface area contributed by atoms with Gasteiger partial charge in [-0.25, -0.2) is 9.98 Å². The number of allylic oxidation sites excluding steroid dienone is 3. The molecule has 1 saturated heterocycles. The first kappa shape index (κ1) is 29.4. The van der Waals surface area contributed by atoms with Crippen LogP contribution in [0.25, 0.3) is 17.0 Å². The molecule has 3 heterocycles. The van der Waals surface area contributed by atoms with Crippen molar-refractivity contribution in [2.24, 2.45) is 15.0 Å².